The molecular weight excluding hydrogens is 156 g/mol. The molecule has 0 saturated heterocycles. The lowest BCUT2D eigenvalue weighted by Crippen LogP contribution is -2.21. The van der Waals surface area contributed by atoms with Crippen LogP contribution >= 0.6 is 0 Å². The smallest absolute Gasteiger partial charge is 0.00452 e. The van der Waals surface area contributed by atoms with Crippen LogP contribution in [0.5, 0.6) is 0 Å². The summed E-state index contributed by atoms with van der Waals surface area (Å²) in [5, 5.41) is 0. The Balaban J connectivity index is 3.02. The van der Waals surface area contributed by atoms with E-state index in [0.717, 1.165) is 0 Å². The molecule has 13 heavy (non-hydrogen) atoms. The number of rotatable bonds is 2. The van der Waals surface area contributed by atoms with Gasteiger partial charge < -0.3 is 0 Å². The second kappa shape index (κ2) is 3.32. The highest BCUT2D eigenvalue weighted by Gasteiger charge is 2.29. The molecule has 1 unspecified atom stereocenters. The molecule has 1 aliphatic carbocycles. The fourth-order valence-corrected chi connectivity index (χ4v) is 1.80. The molecule has 0 heteroatoms. The molecule has 0 aromatic heterocycles. The van der Waals surface area contributed by atoms with Crippen LogP contribution < -0.4 is 0 Å². The van der Waals surface area contributed by atoms with E-state index in [-0.39, 0.29) is 0 Å². The van der Waals surface area contributed by atoms with Crippen LogP contribution in [-0.4, -0.2) is 0 Å². The molecular formula is C13H22. The first-order valence-electron chi connectivity index (χ1n) is 5.26. The fourth-order valence-electron chi connectivity index (χ4n) is 1.80. The van der Waals surface area contributed by atoms with Crippen LogP contribution in [-0.2, 0) is 0 Å². The molecule has 0 fully saturated rings. The SMILES string of the molecule is CC1=C(C(C)(C)C(C)C)C=CC1C. The van der Waals surface area contributed by atoms with Crippen LogP contribution in [0.25, 0.3) is 0 Å². The van der Waals surface area contributed by atoms with Crippen molar-refractivity contribution >= 4 is 0 Å². The maximum atomic E-state index is 2.35. The zero-order valence-electron chi connectivity index (χ0n) is 9.81. The summed E-state index contributed by atoms with van der Waals surface area (Å²) in [6, 6.07) is 0. The second-order valence-corrected chi connectivity index (χ2v) is 5.12. The van der Waals surface area contributed by atoms with Crippen LogP contribution in [0.3, 0.4) is 0 Å². The van der Waals surface area contributed by atoms with Gasteiger partial charge in [-0.25, -0.2) is 0 Å². The van der Waals surface area contributed by atoms with Crippen LogP contribution in [0.15, 0.2) is 23.3 Å². The third-order valence-corrected chi connectivity index (χ3v) is 3.80. The summed E-state index contributed by atoms with van der Waals surface area (Å²) >= 11 is 0. The molecule has 74 valence electrons. The van der Waals surface area contributed by atoms with Gasteiger partial charge in [-0.2, -0.15) is 0 Å². The Bertz CT molecular complexity index is 251. The summed E-state index contributed by atoms with van der Waals surface area (Å²) in [5.74, 6) is 1.35. The van der Waals surface area contributed by atoms with E-state index in [9.17, 15) is 0 Å². The summed E-state index contributed by atoms with van der Waals surface area (Å²) < 4.78 is 0. The molecule has 0 nitrogen and oxygen atoms in total. The zero-order chi connectivity index (χ0) is 10.2. The van der Waals surface area contributed by atoms with Gasteiger partial charge in [0, 0.05) is 0 Å². The third kappa shape index (κ3) is 1.72. The van der Waals surface area contributed by atoms with E-state index in [4.69, 9.17) is 0 Å². The first-order chi connectivity index (χ1) is 5.87. The molecule has 1 atom stereocenters. The van der Waals surface area contributed by atoms with E-state index in [2.05, 4.69) is 53.7 Å². The maximum absolute atomic E-state index is 2.35. The minimum Gasteiger partial charge on any atom is -0.0773 e. The van der Waals surface area contributed by atoms with Crippen LogP contribution in [0, 0.1) is 17.3 Å². The maximum Gasteiger partial charge on any atom is -0.00452 e. The first-order valence-corrected chi connectivity index (χ1v) is 5.26. The normalized spacial score (nSPS) is 23.5. The molecule has 0 amide bonds. The monoisotopic (exact) mass is 178 g/mol. The van der Waals surface area contributed by atoms with Crippen molar-refractivity contribution in [3.05, 3.63) is 23.3 Å². The lowest BCUT2D eigenvalue weighted by molar-refractivity contribution is 0.315. The summed E-state index contributed by atoms with van der Waals surface area (Å²) in [4.78, 5) is 0. The van der Waals surface area contributed by atoms with Crippen molar-refractivity contribution < 1.29 is 0 Å². The van der Waals surface area contributed by atoms with Crippen molar-refractivity contribution in [2.75, 3.05) is 0 Å². The Morgan fingerprint density at radius 2 is 1.85 bits per heavy atom. The average Bonchev–Trinajstić information content (AvgIpc) is 2.33. The van der Waals surface area contributed by atoms with Gasteiger partial charge in [-0.1, -0.05) is 52.3 Å². The van der Waals surface area contributed by atoms with Crippen LogP contribution in [0.2, 0.25) is 0 Å². The fraction of sp³-hybridized carbons (Fsp3) is 0.692. The lowest BCUT2D eigenvalue weighted by atomic mass is 9.73. The predicted molar refractivity (Wildman–Crippen MR) is 59.6 cm³/mol. The van der Waals surface area contributed by atoms with E-state index < -0.39 is 0 Å². The van der Waals surface area contributed by atoms with Crippen molar-refractivity contribution in [2.24, 2.45) is 17.3 Å². The highest BCUT2D eigenvalue weighted by molar-refractivity contribution is 5.39. The molecule has 0 aromatic rings. The summed E-state index contributed by atoms with van der Waals surface area (Å²) in [6.07, 6.45) is 4.63. The molecule has 0 saturated carbocycles. The van der Waals surface area contributed by atoms with Crippen molar-refractivity contribution in [1.29, 1.82) is 0 Å². The lowest BCUT2D eigenvalue weighted by Gasteiger charge is -2.31. The molecule has 0 radical (unpaired) electrons. The van der Waals surface area contributed by atoms with Crippen molar-refractivity contribution in [3.8, 4) is 0 Å². The molecule has 0 bridgehead atoms. The van der Waals surface area contributed by atoms with Gasteiger partial charge in [0.2, 0.25) is 0 Å². The standard InChI is InChI=1S/C13H22/c1-9(2)13(5,6)12-8-7-10(3)11(12)4/h7-10H,1-6H3. The van der Waals surface area contributed by atoms with Crippen LogP contribution in [0.4, 0.5) is 0 Å². The van der Waals surface area contributed by atoms with Crippen LogP contribution in [0.1, 0.15) is 41.5 Å². The van der Waals surface area contributed by atoms with E-state index in [1.807, 2.05) is 0 Å². The summed E-state index contributed by atoms with van der Waals surface area (Å²) in [7, 11) is 0. The van der Waals surface area contributed by atoms with Gasteiger partial charge in [0.05, 0.1) is 0 Å². The minimum absolute atomic E-state index is 0.325. The number of hydrogen-bond acceptors (Lipinski definition) is 0. The Labute approximate surface area is 82.7 Å². The van der Waals surface area contributed by atoms with Gasteiger partial charge in [0.15, 0.2) is 0 Å². The van der Waals surface area contributed by atoms with E-state index in [0.29, 0.717) is 17.3 Å². The van der Waals surface area contributed by atoms with Gasteiger partial charge in [-0.3, -0.25) is 0 Å². The summed E-state index contributed by atoms with van der Waals surface area (Å²) in [5.41, 5.74) is 3.43. The van der Waals surface area contributed by atoms with Gasteiger partial charge in [-0.15, -0.1) is 0 Å². The molecule has 0 aromatic carbocycles. The zero-order valence-corrected chi connectivity index (χ0v) is 9.81. The number of allylic oxidation sites excluding steroid dienone is 4. The highest BCUT2D eigenvalue weighted by atomic mass is 14.3. The Morgan fingerprint density at radius 3 is 2.15 bits per heavy atom. The van der Waals surface area contributed by atoms with Gasteiger partial charge in [0.25, 0.3) is 0 Å². The van der Waals surface area contributed by atoms with E-state index in [1.54, 1.807) is 11.1 Å². The third-order valence-electron chi connectivity index (χ3n) is 3.80. The average molecular weight is 178 g/mol. The Kier molecular flexibility index (Phi) is 2.70. The minimum atomic E-state index is 0.325. The quantitative estimate of drug-likeness (QED) is 0.594. The molecule has 0 heterocycles. The largest absolute Gasteiger partial charge is 0.0773 e. The van der Waals surface area contributed by atoms with Crippen molar-refractivity contribution in [3.63, 3.8) is 0 Å². The van der Waals surface area contributed by atoms with E-state index >= 15 is 0 Å². The Morgan fingerprint density at radius 1 is 1.31 bits per heavy atom. The molecule has 0 N–H and O–H groups in total. The van der Waals surface area contributed by atoms with E-state index in [1.165, 1.54) is 0 Å². The Hall–Kier alpha value is -0.520. The highest BCUT2D eigenvalue weighted by Crippen LogP contribution is 2.41. The van der Waals surface area contributed by atoms with Gasteiger partial charge >= 0.3 is 0 Å². The first kappa shape index (κ1) is 10.6. The number of hydrogen-bond donors (Lipinski definition) is 0. The molecule has 1 rings (SSSR count). The van der Waals surface area contributed by atoms with Crippen molar-refractivity contribution in [2.45, 2.75) is 41.5 Å². The predicted octanol–water partition coefficient (Wildman–Crippen LogP) is 4.19. The topological polar surface area (TPSA) is 0 Å². The summed E-state index contributed by atoms with van der Waals surface area (Å²) in [6.45, 7) is 13.8. The van der Waals surface area contributed by atoms with Crippen molar-refractivity contribution in [1.82, 2.24) is 0 Å². The second-order valence-electron chi connectivity index (χ2n) is 5.12. The molecule has 0 spiro atoms. The van der Waals surface area contributed by atoms with Gasteiger partial charge in [0.1, 0.15) is 0 Å². The van der Waals surface area contributed by atoms with Gasteiger partial charge in [-0.05, 0) is 29.7 Å². The molecule has 0 aliphatic heterocycles. The molecule has 1 aliphatic rings.